The lowest BCUT2D eigenvalue weighted by Gasteiger charge is -2.13. The van der Waals surface area contributed by atoms with Gasteiger partial charge in [-0.25, -0.2) is 4.68 Å². The van der Waals surface area contributed by atoms with Gasteiger partial charge in [-0.3, -0.25) is 4.79 Å². The predicted octanol–water partition coefficient (Wildman–Crippen LogP) is 4.17. The van der Waals surface area contributed by atoms with Crippen LogP contribution < -0.4 is 14.8 Å². The Morgan fingerprint density at radius 2 is 2.14 bits per heavy atom. The molecule has 3 aromatic rings. The van der Waals surface area contributed by atoms with Crippen molar-refractivity contribution in [2.75, 3.05) is 11.9 Å². The summed E-state index contributed by atoms with van der Waals surface area (Å²) in [7, 11) is 0. The van der Waals surface area contributed by atoms with E-state index in [0.29, 0.717) is 30.9 Å². The van der Waals surface area contributed by atoms with Crippen LogP contribution in [0.2, 0.25) is 0 Å². The monoisotopic (exact) mass is 391 g/mol. The molecule has 0 aliphatic carbocycles. The standard InChI is InChI=1S/C23H25N3O3/c1-3-28-22-12-18-11-16(2)29-21(18)13-20(22)25-23(27)10-9-17-14-24-26(15-17)19-7-5-4-6-8-19/h4-8,12-16H,3,9-11H2,1-2H3,(H,25,27)/t16-/m1/s1. The number of hydrogen-bond acceptors (Lipinski definition) is 4. The summed E-state index contributed by atoms with van der Waals surface area (Å²) in [5.41, 5.74) is 3.79. The number of aromatic nitrogens is 2. The molecule has 0 spiro atoms. The van der Waals surface area contributed by atoms with Crippen LogP contribution in [0.5, 0.6) is 11.5 Å². The van der Waals surface area contributed by atoms with Crippen molar-refractivity contribution in [2.24, 2.45) is 0 Å². The average molecular weight is 391 g/mol. The summed E-state index contributed by atoms with van der Waals surface area (Å²) >= 11 is 0. The zero-order valence-electron chi connectivity index (χ0n) is 16.7. The third-order valence-corrected chi connectivity index (χ3v) is 4.87. The fourth-order valence-corrected chi connectivity index (χ4v) is 3.49. The summed E-state index contributed by atoms with van der Waals surface area (Å²) in [6, 6.07) is 13.8. The summed E-state index contributed by atoms with van der Waals surface area (Å²) < 4.78 is 13.4. The lowest BCUT2D eigenvalue weighted by atomic mass is 10.1. The molecule has 0 saturated heterocycles. The summed E-state index contributed by atoms with van der Waals surface area (Å²) in [5.74, 6) is 1.44. The van der Waals surface area contributed by atoms with E-state index in [0.717, 1.165) is 29.0 Å². The van der Waals surface area contributed by atoms with Gasteiger partial charge in [0.15, 0.2) is 0 Å². The van der Waals surface area contributed by atoms with E-state index in [-0.39, 0.29) is 12.0 Å². The Hall–Kier alpha value is -3.28. The number of aryl methyl sites for hydroxylation is 1. The zero-order valence-corrected chi connectivity index (χ0v) is 16.7. The normalized spacial score (nSPS) is 14.9. The minimum absolute atomic E-state index is 0.0654. The lowest BCUT2D eigenvalue weighted by molar-refractivity contribution is -0.116. The lowest BCUT2D eigenvalue weighted by Crippen LogP contribution is -2.13. The third-order valence-electron chi connectivity index (χ3n) is 4.87. The molecule has 0 unspecified atom stereocenters. The Labute approximate surface area is 170 Å². The molecule has 1 amide bonds. The molecule has 2 aromatic carbocycles. The number of carbonyl (C=O) groups is 1. The molecule has 1 aliphatic heterocycles. The van der Waals surface area contributed by atoms with Crippen LogP contribution in [0.4, 0.5) is 5.69 Å². The first kappa shape index (κ1) is 19.1. The van der Waals surface area contributed by atoms with Gasteiger partial charge in [0.25, 0.3) is 0 Å². The van der Waals surface area contributed by atoms with Crippen LogP contribution in [-0.4, -0.2) is 28.4 Å². The van der Waals surface area contributed by atoms with E-state index in [9.17, 15) is 4.79 Å². The molecule has 1 atom stereocenters. The van der Waals surface area contributed by atoms with Crippen molar-refractivity contribution in [3.8, 4) is 17.2 Å². The largest absolute Gasteiger partial charge is 0.492 e. The second-order valence-electron chi connectivity index (χ2n) is 7.20. The molecule has 1 aliphatic rings. The van der Waals surface area contributed by atoms with Crippen molar-refractivity contribution in [3.05, 3.63) is 66.0 Å². The van der Waals surface area contributed by atoms with E-state index in [4.69, 9.17) is 9.47 Å². The van der Waals surface area contributed by atoms with Crippen LogP contribution in [0.25, 0.3) is 5.69 Å². The maximum atomic E-state index is 12.5. The van der Waals surface area contributed by atoms with E-state index in [1.54, 1.807) is 6.20 Å². The SMILES string of the molecule is CCOc1cc2c(cc1NC(=O)CCc1cnn(-c3ccccc3)c1)O[C@H](C)C2. The van der Waals surface area contributed by atoms with Crippen molar-refractivity contribution >= 4 is 11.6 Å². The molecule has 1 aromatic heterocycles. The molecule has 6 heteroatoms. The first-order chi connectivity index (χ1) is 14.1. The molecule has 4 rings (SSSR count). The summed E-state index contributed by atoms with van der Waals surface area (Å²) in [5, 5.41) is 7.36. The van der Waals surface area contributed by atoms with Crippen LogP contribution in [-0.2, 0) is 17.6 Å². The minimum atomic E-state index is -0.0654. The van der Waals surface area contributed by atoms with Gasteiger partial charge in [-0.05, 0) is 44.0 Å². The Kier molecular flexibility index (Phi) is 5.51. The number of carbonyl (C=O) groups excluding carboxylic acids is 1. The van der Waals surface area contributed by atoms with Gasteiger partial charge < -0.3 is 14.8 Å². The highest BCUT2D eigenvalue weighted by Gasteiger charge is 2.22. The van der Waals surface area contributed by atoms with Gasteiger partial charge in [0.05, 0.1) is 24.2 Å². The highest BCUT2D eigenvalue weighted by molar-refractivity contribution is 5.92. The van der Waals surface area contributed by atoms with Gasteiger partial charge in [0, 0.05) is 30.7 Å². The zero-order chi connectivity index (χ0) is 20.2. The van der Waals surface area contributed by atoms with Crippen LogP contribution in [0.3, 0.4) is 0 Å². The molecular formula is C23H25N3O3. The predicted molar refractivity (Wildman–Crippen MR) is 112 cm³/mol. The van der Waals surface area contributed by atoms with E-state index in [2.05, 4.69) is 10.4 Å². The maximum absolute atomic E-state index is 12.5. The van der Waals surface area contributed by atoms with Gasteiger partial charge in [0.1, 0.15) is 17.6 Å². The highest BCUT2D eigenvalue weighted by atomic mass is 16.5. The van der Waals surface area contributed by atoms with E-state index >= 15 is 0 Å². The fraction of sp³-hybridized carbons (Fsp3) is 0.304. The third kappa shape index (κ3) is 4.42. The molecule has 0 saturated carbocycles. The average Bonchev–Trinajstić information content (AvgIpc) is 3.33. The van der Waals surface area contributed by atoms with Crippen LogP contribution in [0.15, 0.2) is 54.9 Å². The summed E-state index contributed by atoms with van der Waals surface area (Å²) in [6.07, 6.45) is 5.73. The first-order valence-corrected chi connectivity index (χ1v) is 9.97. The Morgan fingerprint density at radius 1 is 1.31 bits per heavy atom. The summed E-state index contributed by atoms with van der Waals surface area (Å²) in [4.78, 5) is 12.5. The smallest absolute Gasteiger partial charge is 0.224 e. The number of hydrogen-bond donors (Lipinski definition) is 1. The number of anilines is 1. The number of benzene rings is 2. The molecule has 150 valence electrons. The number of nitrogens with zero attached hydrogens (tertiary/aromatic N) is 2. The molecule has 6 nitrogen and oxygen atoms in total. The van der Waals surface area contributed by atoms with Crippen molar-refractivity contribution < 1.29 is 14.3 Å². The second-order valence-corrected chi connectivity index (χ2v) is 7.20. The maximum Gasteiger partial charge on any atom is 0.224 e. The van der Waals surface area contributed by atoms with Crippen LogP contribution >= 0.6 is 0 Å². The number of nitrogens with one attached hydrogen (secondary N) is 1. The molecule has 2 heterocycles. The number of amides is 1. The van der Waals surface area contributed by atoms with Gasteiger partial charge in [0.2, 0.25) is 5.91 Å². The molecule has 29 heavy (non-hydrogen) atoms. The van der Waals surface area contributed by atoms with Gasteiger partial charge >= 0.3 is 0 Å². The Morgan fingerprint density at radius 3 is 2.93 bits per heavy atom. The topological polar surface area (TPSA) is 65.4 Å². The molecule has 0 fully saturated rings. The van der Waals surface area contributed by atoms with E-state index in [1.807, 2.05) is 67.2 Å². The number of fused-ring (bicyclic) bond motifs is 1. The van der Waals surface area contributed by atoms with Crippen molar-refractivity contribution in [1.29, 1.82) is 0 Å². The Bertz CT molecular complexity index is 998. The van der Waals surface area contributed by atoms with Crippen molar-refractivity contribution in [3.63, 3.8) is 0 Å². The molecule has 0 bridgehead atoms. The van der Waals surface area contributed by atoms with Crippen molar-refractivity contribution in [2.45, 2.75) is 39.2 Å². The van der Waals surface area contributed by atoms with Gasteiger partial charge in [-0.2, -0.15) is 5.10 Å². The second kappa shape index (κ2) is 8.39. The van der Waals surface area contributed by atoms with Crippen molar-refractivity contribution in [1.82, 2.24) is 9.78 Å². The number of para-hydroxylation sites is 1. The van der Waals surface area contributed by atoms with Crippen LogP contribution in [0, 0.1) is 0 Å². The van der Waals surface area contributed by atoms with Gasteiger partial charge in [-0.15, -0.1) is 0 Å². The first-order valence-electron chi connectivity index (χ1n) is 9.97. The fourth-order valence-electron chi connectivity index (χ4n) is 3.49. The molecule has 0 radical (unpaired) electrons. The number of rotatable bonds is 7. The molecule has 1 N–H and O–H groups in total. The quantitative estimate of drug-likeness (QED) is 0.657. The van der Waals surface area contributed by atoms with Gasteiger partial charge in [-0.1, -0.05) is 18.2 Å². The number of ether oxygens (including phenoxy) is 2. The summed E-state index contributed by atoms with van der Waals surface area (Å²) in [6.45, 7) is 4.51. The highest BCUT2D eigenvalue weighted by Crippen LogP contribution is 2.38. The Balaban J connectivity index is 1.40. The molecular weight excluding hydrogens is 366 g/mol. The minimum Gasteiger partial charge on any atom is -0.492 e. The van der Waals surface area contributed by atoms with E-state index in [1.165, 1.54) is 0 Å². The van der Waals surface area contributed by atoms with Crippen LogP contribution in [0.1, 0.15) is 31.4 Å². The van der Waals surface area contributed by atoms with E-state index < -0.39 is 0 Å².